The Hall–Kier alpha value is -5.09. The maximum absolute atomic E-state index is 13.3. The molecule has 0 bridgehead atoms. The molecule has 1 aliphatic heterocycles. The van der Waals surface area contributed by atoms with Crippen LogP contribution in [0.15, 0.2) is 127 Å². The van der Waals surface area contributed by atoms with E-state index in [0.717, 1.165) is 56.3 Å². The highest BCUT2D eigenvalue weighted by Crippen LogP contribution is 2.39. The molecule has 4 nitrogen and oxygen atoms in total. The number of aryl methyl sites for hydroxylation is 1. The molecule has 1 heterocycles. The summed E-state index contributed by atoms with van der Waals surface area (Å²) < 4.78 is 6.39. The highest BCUT2D eigenvalue weighted by molar-refractivity contribution is 6.09. The van der Waals surface area contributed by atoms with E-state index in [4.69, 9.17) is 4.74 Å². The minimum atomic E-state index is -0.0297. The van der Waals surface area contributed by atoms with E-state index >= 15 is 0 Å². The highest BCUT2D eigenvalue weighted by atomic mass is 16.5. The van der Waals surface area contributed by atoms with Gasteiger partial charge in [-0.1, -0.05) is 85.0 Å². The first-order chi connectivity index (χ1) is 20.3. The van der Waals surface area contributed by atoms with Crippen LogP contribution in [-0.2, 0) is 0 Å². The van der Waals surface area contributed by atoms with Crippen LogP contribution in [0.25, 0.3) is 16.9 Å². The van der Waals surface area contributed by atoms with E-state index in [1.807, 2.05) is 88.9 Å². The predicted octanol–water partition coefficient (Wildman–Crippen LogP) is 8.47. The Labute approximate surface area is 249 Å². The molecule has 1 aliphatic rings. The average molecular weight is 553 g/mol. The van der Waals surface area contributed by atoms with Gasteiger partial charge in [-0.2, -0.15) is 0 Å². The Morgan fingerprint density at radius 2 is 1.40 bits per heavy atom. The maximum atomic E-state index is 13.3. The molecule has 0 spiro atoms. The van der Waals surface area contributed by atoms with Gasteiger partial charge >= 0.3 is 0 Å². The largest absolute Gasteiger partial charge is 0.456 e. The number of hydrogen-bond donors (Lipinski definition) is 0. The third kappa shape index (κ3) is 6.45. The van der Waals surface area contributed by atoms with Crippen LogP contribution >= 0.6 is 0 Å². The third-order valence-corrected chi connectivity index (χ3v) is 7.29. The number of hydrogen-bond acceptors (Lipinski definition) is 4. The molecule has 0 aromatic heterocycles. The molecule has 4 aromatic carbocycles. The number of ketones is 1. The average Bonchev–Trinajstić information content (AvgIpc) is 3.00. The number of carbonyl (C=O) groups is 1. The van der Waals surface area contributed by atoms with Crippen LogP contribution in [0, 0.1) is 6.92 Å². The fourth-order valence-corrected chi connectivity index (χ4v) is 4.91. The third-order valence-electron chi connectivity index (χ3n) is 7.29. The van der Waals surface area contributed by atoms with Gasteiger partial charge in [0.15, 0.2) is 5.78 Å². The monoisotopic (exact) mass is 552 g/mol. The van der Waals surface area contributed by atoms with Crippen LogP contribution in [0.3, 0.4) is 0 Å². The van der Waals surface area contributed by atoms with Crippen LogP contribution in [0.4, 0.5) is 11.4 Å². The van der Waals surface area contributed by atoms with Gasteiger partial charge < -0.3 is 14.5 Å². The zero-order chi connectivity index (χ0) is 29.6. The summed E-state index contributed by atoms with van der Waals surface area (Å²) in [5, 5.41) is 0. The van der Waals surface area contributed by atoms with Crippen molar-refractivity contribution in [1.82, 2.24) is 0 Å². The summed E-state index contributed by atoms with van der Waals surface area (Å²) in [6.07, 6.45) is 9.93. The van der Waals surface area contributed by atoms with Crippen LogP contribution in [0.2, 0.25) is 0 Å². The molecule has 0 radical (unpaired) electrons. The molecule has 4 aromatic rings. The van der Waals surface area contributed by atoms with Gasteiger partial charge in [-0.05, 0) is 65.6 Å². The van der Waals surface area contributed by atoms with Gasteiger partial charge in [0.05, 0.1) is 0 Å². The van der Waals surface area contributed by atoms with Gasteiger partial charge in [0.2, 0.25) is 0 Å². The number of nitrogens with zero attached hydrogens (tertiary/aromatic N) is 2. The van der Waals surface area contributed by atoms with Gasteiger partial charge in [0, 0.05) is 62.3 Å². The molecule has 210 valence electrons. The molecular weight excluding hydrogens is 516 g/mol. The molecule has 0 unspecified atom stereocenters. The van der Waals surface area contributed by atoms with E-state index in [1.165, 1.54) is 0 Å². The summed E-state index contributed by atoms with van der Waals surface area (Å²) in [7, 11) is 8.10. The standard InChI is InChI=1S/C38H36N2O2/c1-27-23-32(39(2)3)19-21-34(27)30(24-36(41)28-13-8-6-9-14-28)17-12-18-31-25-37(29-15-10-7-11-16-29)42-38-26-33(40(4)5)20-22-35(31)38/h6-26H,1-5H3/b17-12+,30-24-,31-18+. The van der Waals surface area contributed by atoms with E-state index in [1.54, 1.807) is 6.08 Å². The van der Waals surface area contributed by atoms with E-state index in [0.29, 0.717) is 5.56 Å². The molecule has 5 rings (SSSR count). The van der Waals surface area contributed by atoms with Gasteiger partial charge in [-0.3, -0.25) is 4.79 Å². The second kappa shape index (κ2) is 12.6. The molecule has 0 amide bonds. The van der Waals surface area contributed by atoms with Crippen molar-refractivity contribution in [3.8, 4) is 5.75 Å². The lowest BCUT2D eigenvalue weighted by atomic mass is 9.95. The van der Waals surface area contributed by atoms with Crippen molar-refractivity contribution in [2.24, 2.45) is 0 Å². The van der Waals surface area contributed by atoms with Crippen molar-refractivity contribution >= 4 is 34.1 Å². The summed E-state index contributed by atoms with van der Waals surface area (Å²) in [6, 6.07) is 32.1. The fraction of sp³-hybridized carbons (Fsp3) is 0.132. The fourth-order valence-electron chi connectivity index (χ4n) is 4.91. The van der Waals surface area contributed by atoms with Gasteiger partial charge in [-0.25, -0.2) is 0 Å². The normalized spacial score (nSPS) is 13.9. The van der Waals surface area contributed by atoms with Crippen molar-refractivity contribution in [1.29, 1.82) is 0 Å². The highest BCUT2D eigenvalue weighted by Gasteiger charge is 2.19. The number of fused-ring (bicyclic) bond motifs is 1. The Kier molecular flexibility index (Phi) is 8.54. The van der Waals surface area contributed by atoms with Gasteiger partial charge in [0.25, 0.3) is 0 Å². The summed E-state index contributed by atoms with van der Waals surface area (Å²) in [6.45, 7) is 2.08. The van der Waals surface area contributed by atoms with E-state index < -0.39 is 0 Å². The second-order valence-corrected chi connectivity index (χ2v) is 10.8. The predicted molar refractivity (Wildman–Crippen MR) is 177 cm³/mol. The van der Waals surface area contributed by atoms with E-state index in [2.05, 4.69) is 77.4 Å². The van der Waals surface area contributed by atoms with Crippen molar-refractivity contribution in [2.45, 2.75) is 6.92 Å². The minimum absolute atomic E-state index is 0.0297. The number of allylic oxidation sites excluding steroid dienone is 7. The molecule has 0 saturated carbocycles. The van der Waals surface area contributed by atoms with Crippen LogP contribution in [0.5, 0.6) is 5.75 Å². The smallest absolute Gasteiger partial charge is 0.186 e. The number of anilines is 2. The molecule has 0 fully saturated rings. The minimum Gasteiger partial charge on any atom is -0.456 e. The number of carbonyl (C=O) groups excluding carboxylic acids is 1. The number of rotatable bonds is 8. The SMILES string of the molecule is Cc1cc(N(C)C)ccc1C(=C\C(=O)c1ccccc1)/C=C/C=C1\C=C(c2ccccc2)Oc2cc(N(C)C)ccc21. The summed E-state index contributed by atoms with van der Waals surface area (Å²) in [5.74, 6) is 1.58. The van der Waals surface area contributed by atoms with Gasteiger partial charge in [0.1, 0.15) is 11.5 Å². The Balaban J connectivity index is 1.58. The van der Waals surface area contributed by atoms with Crippen LogP contribution in [-0.4, -0.2) is 34.0 Å². The summed E-state index contributed by atoms with van der Waals surface area (Å²) >= 11 is 0. The summed E-state index contributed by atoms with van der Waals surface area (Å²) in [4.78, 5) is 17.4. The molecule has 0 aliphatic carbocycles. The first kappa shape index (κ1) is 28.4. The van der Waals surface area contributed by atoms with Crippen molar-refractivity contribution in [3.63, 3.8) is 0 Å². The lowest BCUT2D eigenvalue weighted by Gasteiger charge is -2.23. The first-order valence-electron chi connectivity index (χ1n) is 14.0. The van der Waals surface area contributed by atoms with Crippen LogP contribution in [0.1, 0.15) is 32.6 Å². The molecule has 0 atom stereocenters. The van der Waals surface area contributed by atoms with E-state index in [-0.39, 0.29) is 5.78 Å². The maximum Gasteiger partial charge on any atom is 0.186 e. The molecular formula is C38H36N2O2. The second-order valence-electron chi connectivity index (χ2n) is 10.8. The first-order valence-corrected chi connectivity index (χ1v) is 14.0. The number of ether oxygens (including phenoxy) is 1. The zero-order valence-electron chi connectivity index (χ0n) is 24.8. The van der Waals surface area contributed by atoms with Crippen molar-refractivity contribution in [2.75, 3.05) is 38.0 Å². The molecule has 4 heteroatoms. The van der Waals surface area contributed by atoms with E-state index in [9.17, 15) is 4.79 Å². The van der Waals surface area contributed by atoms with Gasteiger partial charge in [-0.15, -0.1) is 0 Å². The Bertz CT molecular complexity index is 1710. The summed E-state index contributed by atoms with van der Waals surface area (Å²) in [5.41, 5.74) is 8.88. The van der Waals surface area contributed by atoms with Crippen LogP contribution < -0.4 is 14.5 Å². The molecule has 0 N–H and O–H groups in total. The Morgan fingerprint density at radius 3 is 2.07 bits per heavy atom. The quantitative estimate of drug-likeness (QED) is 0.125. The molecule has 42 heavy (non-hydrogen) atoms. The molecule has 0 saturated heterocycles. The lowest BCUT2D eigenvalue weighted by Crippen LogP contribution is -2.10. The lowest BCUT2D eigenvalue weighted by molar-refractivity contribution is 0.104. The number of benzene rings is 4. The Morgan fingerprint density at radius 1 is 0.762 bits per heavy atom. The topological polar surface area (TPSA) is 32.8 Å². The zero-order valence-corrected chi connectivity index (χ0v) is 24.8. The van der Waals surface area contributed by atoms with Crippen molar-refractivity contribution < 1.29 is 9.53 Å². The van der Waals surface area contributed by atoms with Crippen molar-refractivity contribution in [3.05, 3.63) is 155 Å².